The molecule has 0 aliphatic carbocycles. The van der Waals surface area contributed by atoms with Crippen molar-refractivity contribution in [3.05, 3.63) is 52.9 Å². The topological polar surface area (TPSA) is 37.4 Å². The second kappa shape index (κ2) is 5.31. The summed E-state index contributed by atoms with van der Waals surface area (Å²) in [5.41, 5.74) is 2.49. The van der Waals surface area contributed by atoms with Crippen LogP contribution in [-0.4, -0.2) is 18.7 Å². The lowest BCUT2D eigenvalue weighted by atomic mass is 10.1. The fraction of sp³-hybridized carbons (Fsp3) is 0.333. The minimum atomic E-state index is -3.26. The third-order valence-corrected chi connectivity index (χ3v) is 7.45. The first-order chi connectivity index (χ1) is 9.63. The van der Waals surface area contributed by atoms with Crippen LogP contribution >= 0.6 is 11.3 Å². The van der Waals surface area contributed by atoms with Gasteiger partial charge in [-0.05, 0) is 29.0 Å². The van der Waals surface area contributed by atoms with Crippen LogP contribution in [0.1, 0.15) is 24.5 Å². The zero-order chi connectivity index (χ0) is 14.2. The highest BCUT2D eigenvalue weighted by molar-refractivity contribution is 7.94. The van der Waals surface area contributed by atoms with Gasteiger partial charge >= 0.3 is 0 Å². The van der Waals surface area contributed by atoms with E-state index in [1.807, 2.05) is 24.4 Å². The van der Waals surface area contributed by atoms with Crippen LogP contribution in [0.15, 0.2) is 46.0 Å². The van der Waals surface area contributed by atoms with E-state index in [2.05, 4.69) is 17.0 Å². The van der Waals surface area contributed by atoms with Gasteiger partial charge in [-0.2, -0.15) is 0 Å². The van der Waals surface area contributed by atoms with Gasteiger partial charge in [0.15, 0.2) is 0 Å². The van der Waals surface area contributed by atoms with E-state index in [0.29, 0.717) is 10.6 Å². The molecule has 0 spiro atoms. The van der Waals surface area contributed by atoms with Crippen LogP contribution in [0.3, 0.4) is 0 Å². The number of hydrogen-bond acceptors (Lipinski definition) is 4. The summed E-state index contributed by atoms with van der Waals surface area (Å²) in [5, 5.41) is 1.38. The molecule has 0 fully saturated rings. The highest BCUT2D eigenvalue weighted by Gasteiger charge is 2.35. The number of hydrogen-bond donors (Lipinski definition) is 0. The molecule has 0 bridgehead atoms. The summed E-state index contributed by atoms with van der Waals surface area (Å²) in [7, 11) is -3.26. The number of fused-ring (bicyclic) bond motifs is 1. The maximum absolute atomic E-state index is 12.7. The van der Waals surface area contributed by atoms with Gasteiger partial charge in [-0.1, -0.05) is 37.3 Å². The number of nitrogens with zero attached hydrogens (tertiary/aromatic N) is 1. The number of sulfone groups is 1. The molecule has 3 nitrogen and oxygen atoms in total. The quantitative estimate of drug-likeness (QED) is 0.870. The summed E-state index contributed by atoms with van der Waals surface area (Å²) in [4.78, 5) is 2.07. The van der Waals surface area contributed by atoms with E-state index in [9.17, 15) is 8.42 Å². The van der Waals surface area contributed by atoms with Gasteiger partial charge in [-0.25, -0.2) is 8.42 Å². The van der Waals surface area contributed by atoms with E-state index in [-0.39, 0.29) is 0 Å². The van der Waals surface area contributed by atoms with Crippen molar-refractivity contribution in [3.8, 4) is 0 Å². The van der Waals surface area contributed by atoms with Gasteiger partial charge in [-0.3, -0.25) is 4.90 Å². The number of rotatable bonds is 4. The molecule has 1 aliphatic rings. The predicted molar refractivity (Wildman–Crippen MR) is 81.3 cm³/mol. The van der Waals surface area contributed by atoms with Crippen molar-refractivity contribution >= 4 is 21.2 Å². The van der Waals surface area contributed by atoms with E-state index in [1.54, 1.807) is 12.1 Å². The first-order valence-electron chi connectivity index (χ1n) is 6.71. The lowest BCUT2D eigenvalue weighted by Crippen LogP contribution is -2.36. The summed E-state index contributed by atoms with van der Waals surface area (Å²) in [6, 6.07) is 11.7. The van der Waals surface area contributed by atoms with Crippen molar-refractivity contribution in [3.63, 3.8) is 0 Å². The van der Waals surface area contributed by atoms with Crippen LogP contribution in [0.25, 0.3) is 0 Å². The van der Waals surface area contributed by atoms with E-state index >= 15 is 0 Å². The molecular weight excluding hydrogens is 290 g/mol. The molecule has 1 aliphatic heterocycles. The average Bonchev–Trinajstić information content (AvgIpc) is 3.08. The van der Waals surface area contributed by atoms with E-state index in [4.69, 9.17) is 0 Å². The fourth-order valence-corrected chi connectivity index (χ4v) is 5.80. The van der Waals surface area contributed by atoms with E-state index in [0.717, 1.165) is 13.1 Å². The first kappa shape index (κ1) is 13.8. The summed E-state index contributed by atoms with van der Waals surface area (Å²) >= 11 is 1.30. The maximum Gasteiger partial charge on any atom is 0.203 e. The SMILES string of the molecule is CCC(N1Cc2ccccc2C1)S(=O)(=O)c1cccs1. The molecule has 5 heteroatoms. The Morgan fingerprint density at radius 2 is 1.80 bits per heavy atom. The Morgan fingerprint density at radius 3 is 2.30 bits per heavy atom. The Kier molecular flexibility index (Phi) is 3.67. The molecular formula is C15H17NO2S2. The van der Waals surface area contributed by atoms with Crippen LogP contribution in [0.5, 0.6) is 0 Å². The number of benzene rings is 1. The monoisotopic (exact) mass is 307 g/mol. The van der Waals surface area contributed by atoms with Gasteiger partial charge < -0.3 is 0 Å². The molecule has 3 rings (SSSR count). The molecule has 2 aromatic rings. The second-order valence-electron chi connectivity index (χ2n) is 5.01. The molecule has 106 valence electrons. The van der Waals surface area contributed by atoms with Crippen LogP contribution in [0, 0.1) is 0 Å². The molecule has 1 atom stereocenters. The third-order valence-electron chi connectivity index (χ3n) is 3.76. The Bertz CT molecular complexity index is 667. The smallest absolute Gasteiger partial charge is 0.203 e. The molecule has 1 unspecified atom stereocenters. The van der Waals surface area contributed by atoms with Gasteiger partial charge in [0.25, 0.3) is 0 Å². The lowest BCUT2D eigenvalue weighted by Gasteiger charge is -2.25. The maximum atomic E-state index is 12.7. The van der Waals surface area contributed by atoms with Crippen LogP contribution in [-0.2, 0) is 22.9 Å². The van der Waals surface area contributed by atoms with Crippen molar-refractivity contribution in [2.24, 2.45) is 0 Å². The van der Waals surface area contributed by atoms with Crippen molar-refractivity contribution in [1.29, 1.82) is 0 Å². The van der Waals surface area contributed by atoms with Crippen molar-refractivity contribution < 1.29 is 8.42 Å². The Morgan fingerprint density at radius 1 is 1.15 bits per heavy atom. The molecule has 0 N–H and O–H groups in total. The molecule has 1 aromatic carbocycles. The molecule has 0 radical (unpaired) electrons. The van der Waals surface area contributed by atoms with E-state index in [1.165, 1.54) is 22.5 Å². The summed E-state index contributed by atoms with van der Waals surface area (Å²) in [6.45, 7) is 3.39. The summed E-state index contributed by atoms with van der Waals surface area (Å²) in [5.74, 6) is 0. The standard InChI is InChI=1S/C15H17NO2S2/c1-2-14(20(17,18)15-8-5-9-19-15)16-10-12-6-3-4-7-13(12)11-16/h3-9,14H,2,10-11H2,1H3. The minimum Gasteiger partial charge on any atom is -0.278 e. The molecule has 1 aromatic heterocycles. The van der Waals surface area contributed by atoms with Gasteiger partial charge in [-0.15, -0.1) is 11.3 Å². The summed E-state index contributed by atoms with van der Waals surface area (Å²) < 4.78 is 25.9. The molecule has 2 heterocycles. The second-order valence-corrected chi connectivity index (χ2v) is 8.29. The molecule has 0 saturated heterocycles. The summed E-state index contributed by atoms with van der Waals surface area (Å²) in [6.07, 6.45) is 0.605. The van der Waals surface area contributed by atoms with Gasteiger partial charge in [0, 0.05) is 13.1 Å². The van der Waals surface area contributed by atoms with Crippen LogP contribution in [0.2, 0.25) is 0 Å². The lowest BCUT2D eigenvalue weighted by molar-refractivity contribution is 0.249. The number of thiophene rings is 1. The Balaban J connectivity index is 1.90. The molecule has 0 amide bonds. The van der Waals surface area contributed by atoms with Gasteiger partial charge in [0.1, 0.15) is 9.58 Å². The fourth-order valence-electron chi connectivity index (χ4n) is 2.80. The normalized spacial score (nSPS) is 17.1. The predicted octanol–water partition coefficient (Wildman–Crippen LogP) is 3.27. The Labute approximate surface area is 123 Å². The first-order valence-corrected chi connectivity index (χ1v) is 9.13. The average molecular weight is 307 g/mol. The van der Waals surface area contributed by atoms with Crippen LogP contribution in [0.4, 0.5) is 0 Å². The molecule has 0 saturated carbocycles. The minimum absolute atomic E-state index is 0.437. The van der Waals surface area contributed by atoms with Gasteiger partial charge in [0.2, 0.25) is 9.84 Å². The van der Waals surface area contributed by atoms with Crippen molar-refractivity contribution in [2.75, 3.05) is 0 Å². The molecule has 20 heavy (non-hydrogen) atoms. The Hall–Kier alpha value is -1.17. The highest BCUT2D eigenvalue weighted by Crippen LogP contribution is 2.31. The zero-order valence-corrected chi connectivity index (χ0v) is 13.0. The highest BCUT2D eigenvalue weighted by atomic mass is 32.2. The van der Waals surface area contributed by atoms with Crippen LogP contribution < -0.4 is 0 Å². The largest absolute Gasteiger partial charge is 0.278 e. The zero-order valence-electron chi connectivity index (χ0n) is 11.3. The third kappa shape index (κ3) is 2.30. The van der Waals surface area contributed by atoms with Gasteiger partial charge in [0.05, 0.1) is 0 Å². The van der Waals surface area contributed by atoms with E-state index < -0.39 is 15.2 Å². The van der Waals surface area contributed by atoms with Crippen molar-refractivity contribution in [2.45, 2.75) is 36.0 Å². The van der Waals surface area contributed by atoms with Crippen molar-refractivity contribution in [1.82, 2.24) is 4.90 Å².